The number of alkyl halides is 3. The summed E-state index contributed by atoms with van der Waals surface area (Å²) in [5.41, 5.74) is -0.704. The zero-order valence-electron chi connectivity index (χ0n) is 15.1. The van der Waals surface area contributed by atoms with Crippen molar-refractivity contribution in [3.8, 4) is 0 Å². The number of piperidine rings is 1. The molecule has 1 aromatic heterocycles. The average Bonchev–Trinajstić information content (AvgIpc) is 3.28. The van der Waals surface area contributed by atoms with Crippen LogP contribution < -0.4 is 5.32 Å². The van der Waals surface area contributed by atoms with Crippen molar-refractivity contribution in [1.29, 1.82) is 0 Å². The molecule has 0 aromatic carbocycles. The SMILES string of the molecule is Cl.O=C(N1CCCC(c2cc(C(F)(F)F)n[nH]2)C1)[C@@]12CCCC[C@H]1CNC2. The van der Waals surface area contributed by atoms with Gasteiger partial charge >= 0.3 is 6.18 Å². The van der Waals surface area contributed by atoms with E-state index in [0.29, 0.717) is 24.7 Å². The Hall–Kier alpha value is -1.28. The van der Waals surface area contributed by atoms with Gasteiger partial charge in [-0.3, -0.25) is 9.89 Å². The number of hydrogen-bond acceptors (Lipinski definition) is 3. The topological polar surface area (TPSA) is 61.0 Å². The quantitative estimate of drug-likeness (QED) is 0.792. The molecule has 1 saturated carbocycles. The van der Waals surface area contributed by atoms with E-state index in [4.69, 9.17) is 0 Å². The van der Waals surface area contributed by atoms with Gasteiger partial charge in [-0.25, -0.2) is 0 Å². The molecule has 1 amide bonds. The molecule has 1 unspecified atom stereocenters. The second-order valence-electron chi connectivity index (χ2n) is 8.03. The lowest BCUT2D eigenvalue weighted by atomic mass is 9.67. The molecule has 3 atom stereocenters. The van der Waals surface area contributed by atoms with Gasteiger partial charge in [-0.15, -0.1) is 12.4 Å². The first-order valence-electron chi connectivity index (χ1n) is 9.53. The zero-order chi connectivity index (χ0) is 18.4. The number of hydrogen-bond donors (Lipinski definition) is 2. The van der Waals surface area contributed by atoms with E-state index in [1.165, 1.54) is 6.42 Å². The molecule has 0 spiro atoms. The third kappa shape index (κ3) is 3.70. The molecule has 3 fully saturated rings. The van der Waals surface area contributed by atoms with Gasteiger partial charge in [-0.05, 0) is 44.2 Å². The van der Waals surface area contributed by atoms with Crippen molar-refractivity contribution in [2.45, 2.75) is 50.6 Å². The Morgan fingerprint density at radius 3 is 2.81 bits per heavy atom. The van der Waals surface area contributed by atoms with Crippen molar-refractivity contribution < 1.29 is 18.0 Å². The average molecular weight is 407 g/mol. The first-order valence-corrected chi connectivity index (χ1v) is 9.53. The van der Waals surface area contributed by atoms with Crippen molar-refractivity contribution in [3.05, 3.63) is 17.5 Å². The van der Waals surface area contributed by atoms with Gasteiger partial charge in [0.05, 0.1) is 5.41 Å². The molecule has 2 aliphatic heterocycles. The molecular weight excluding hydrogens is 381 g/mol. The van der Waals surface area contributed by atoms with Crippen LogP contribution in [-0.4, -0.2) is 47.2 Å². The fraction of sp³-hybridized carbons (Fsp3) is 0.778. The number of amides is 1. The summed E-state index contributed by atoms with van der Waals surface area (Å²) in [5, 5.41) is 9.36. The van der Waals surface area contributed by atoms with Crippen molar-refractivity contribution in [3.63, 3.8) is 0 Å². The molecule has 2 saturated heterocycles. The van der Waals surface area contributed by atoms with Gasteiger partial charge in [0.2, 0.25) is 5.91 Å². The minimum absolute atomic E-state index is 0. The molecule has 0 bridgehead atoms. The Labute approximate surface area is 162 Å². The number of carbonyl (C=O) groups is 1. The van der Waals surface area contributed by atoms with E-state index in [0.717, 1.165) is 51.3 Å². The summed E-state index contributed by atoms with van der Waals surface area (Å²) in [6, 6.07) is 1.09. The summed E-state index contributed by atoms with van der Waals surface area (Å²) < 4.78 is 38.4. The van der Waals surface area contributed by atoms with Crippen molar-refractivity contribution in [2.24, 2.45) is 11.3 Å². The molecule has 27 heavy (non-hydrogen) atoms. The van der Waals surface area contributed by atoms with E-state index in [1.807, 2.05) is 4.90 Å². The maximum Gasteiger partial charge on any atom is 0.435 e. The Kier molecular flexibility index (Phi) is 5.77. The summed E-state index contributed by atoms with van der Waals surface area (Å²) >= 11 is 0. The van der Waals surface area contributed by atoms with E-state index < -0.39 is 11.9 Å². The number of nitrogens with zero attached hydrogens (tertiary/aromatic N) is 2. The maximum absolute atomic E-state index is 13.4. The second kappa shape index (κ2) is 7.62. The molecule has 2 N–H and O–H groups in total. The molecule has 9 heteroatoms. The van der Waals surface area contributed by atoms with Crippen LogP contribution in [0.3, 0.4) is 0 Å². The van der Waals surface area contributed by atoms with Crippen LogP contribution in [0.15, 0.2) is 6.07 Å². The minimum Gasteiger partial charge on any atom is -0.341 e. The van der Waals surface area contributed by atoms with Crippen LogP contribution in [0.25, 0.3) is 0 Å². The van der Waals surface area contributed by atoms with Gasteiger partial charge in [0.25, 0.3) is 0 Å². The summed E-state index contributed by atoms with van der Waals surface area (Å²) in [5.74, 6) is 0.490. The Morgan fingerprint density at radius 2 is 2.07 bits per heavy atom. The number of H-pyrrole nitrogens is 1. The molecule has 152 valence electrons. The molecule has 3 aliphatic rings. The van der Waals surface area contributed by atoms with Gasteiger partial charge in [-0.1, -0.05) is 12.8 Å². The van der Waals surface area contributed by atoms with E-state index in [2.05, 4.69) is 15.5 Å². The van der Waals surface area contributed by atoms with Crippen LogP contribution in [0.5, 0.6) is 0 Å². The van der Waals surface area contributed by atoms with Gasteiger partial charge in [-0.2, -0.15) is 18.3 Å². The molecular formula is C18H26ClF3N4O. The minimum atomic E-state index is -4.44. The number of fused-ring (bicyclic) bond motifs is 1. The first-order chi connectivity index (χ1) is 12.4. The Bertz CT molecular complexity index is 680. The zero-order valence-corrected chi connectivity index (χ0v) is 16.0. The Balaban J connectivity index is 0.00000210. The van der Waals surface area contributed by atoms with Crippen LogP contribution in [0.1, 0.15) is 55.8 Å². The molecule has 5 nitrogen and oxygen atoms in total. The smallest absolute Gasteiger partial charge is 0.341 e. The van der Waals surface area contributed by atoms with Gasteiger partial charge < -0.3 is 10.2 Å². The van der Waals surface area contributed by atoms with Gasteiger partial charge in [0.15, 0.2) is 5.69 Å². The fourth-order valence-electron chi connectivity index (χ4n) is 5.09. The van der Waals surface area contributed by atoms with E-state index in [1.54, 1.807) is 0 Å². The molecule has 0 radical (unpaired) electrons. The Morgan fingerprint density at radius 1 is 1.26 bits per heavy atom. The van der Waals surface area contributed by atoms with Crippen molar-refractivity contribution >= 4 is 18.3 Å². The van der Waals surface area contributed by atoms with E-state index in [-0.39, 0.29) is 29.6 Å². The normalized spacial score (nSPS) is 31.3. The predicted octanol–water partition coefficient (Wildman–Crippen LogP) is 3.34. The van der Waals surface area contributed by atoms with Crippen LogP contribution in [0.4, 0.5) is 13.2 Å². The first kappa shape index (κ1) is 20.5. The van der Waals surface area contributed by atoms with Crippen molar-refractivity contribution in [2.75, 3.05) is 26.2 Å². The summed E-state index contributed by atoms with van der Waals surface area (Å²) in [4.78, 5) is 15.3. The second-order valence-corrected chi connectivity index (χ2v) is 8.03. The number of halogens is 4. The number of nitrogens with one attached hydrogen (secondary N) is 2. The maximum atomic E-state index is 13.4. The van der Waals surface area contributed by atoms with Crippen LogP contribution in [0.2, 0.25) is 0 Å². The standard InChI is InChI=1S/C18H25F3N4O.ClH/c19-18(20,21)15-8-14(23-24-15)12-4-3-7-25(10-12)16(26)17-6-2-1-5-13(17)9-22-11-17;/h8,12-13,22H,1-7,9-11H2,(H,23,24);1H/t12?,13-,17+;/m0./s1. The lowest BCUT2D eigenvalue weighted by Gasteiger charge is -2.43. The van der Waals surface area contributed by atoms with Crippen LogP contribution in [-0.2, 0) is 11.0 Å². The van der Waals surface area contributed by atoms with Crippen LogP contribution in [0, 0.1) is 11.3 Å². The highest BCUT2D eigenvalue weighted by atomic mass is 35.5. The highest BCUT2D eigenvalue weighted by Crippen LogP contribution is 2.46. The molecule has 1 aromatic rings. The fourth-order valence-corrected chi connectivity index (χ4v) is 5.09. The summed E-state index contributed by atoms with van der Waals surface area (Å²) in [6.07, 6.45) is 1.42. The number of likely N-dealkylation sites (tertiary alicyclic amines) is 1. The number of aromatic amines is 1. The van der Waals surface area contributed by atoms with Crippen LogP contribution >= 0.6 is 12.4 Å². The lowest BCUT2D eigenvalue weighted by Crippen LogP contribution is -2.52. The highest BCUT2D eigenvalue weighted by Gasteiger charge is 2.51. The number of rotatable bonds is 2. The number of carbonyl (C=O) groups excluding carboxylic acids is 1. The molecule has 3 heterocycles. The third-order valence-corrected chi connectivity index (χ3v) is 6.50. The summed E-state index contributed by atoms with van der Waals surface area (Å²) in [6.45, 7) is 2.81. The lowest BCUT2D eigenvalue weighted by molar-refractivity contribution is -0.146. The van der Waals surface area contributed by atoms with Gasteiger partial charge in [0, 0.05) is 31.2 Å². The molecule has 4 rings (SSSR count). The largest absolute Gasteiger partial charge is 0.435 e. The van der Waals surface area contributed by atoms with Crippen molar-refractivity contribution in [1.82, 2.24) is 20.4 Å². The predicted molar refractivity (Wildman–Crippen MR) is 96.7 cm³/mol. The monoisotopic (exact) mass is 406 g/mol. The third-order valence-electron chi connectivity index (χ3n) is 6.50. The highest BCUT2D eigenvalue weighted by molar-refractivity contribution is 5.85. The van der Waals surface area contributed by atoms with Gasteiger partial charge in [0.1, 0.15) is 0 Å². The number of aromatic nitrogens is 2. The van der Waals surface area contributed by atoms with E-state index >= 15 is 0 Å². The van der Waals surface area contributed by atoms with E-state index in [9.17, 15) is 18.0 Å². The molecule has 1 aliphatic carbocycles. The summed E-state index contributed by atoms with van der Waals surface area (Å²) in [7, 11) is 0.